The third-order valence-corrected chi connectivity index (χ3v) is 13.8. The van der Waals surface area contributed by atoms with Crippen molar-refractivity contribution in [3.05, 3.63) is 45.1 Å². The van der Waals surface area contributed by atoms with E-state index in [0.717, 1.165) is 98.8 Å². The van der Waals surface area contributed by atoms with Crippen molar-refractivity contribution >= 4 is 93.7 Å². The van der Waals surface area contributed by atoms with Crippen LogP contribution in [-0.4, -0.2) is 65.1 Å². The van der Waals surface area contributed by atoms with Crippen LogP contribution in [0.4, 0.5) is 14.8 Å². The number of anilines is 2. The molecule has 0 saturated carbocycles. The summed E-state index contributed by atoms with van der Waals surface area (Å²) in [6.45, 7) is 11.9. The lowest BCUT2D eigenvalue weighted by molar-refractivity contribution is -0.115. The van der Waals surface area contributed by atoms with Gasteiger partial charge in [0.2, 0.25) is 25.4 Å². The average molecular weight is 847 g/mol. The molecule has 4 aliphatic rings. The second-order valence-corrected chi connectivity index (χ2v) is 19.0. The predicted octanol–water partition coefficient (Wildman–Crippen LogP) is 8.36. The molecule has 6 aromatic rings. The first-order valence-corrected chi connectivity index (χ1v) is 21.6. The van der Waals surface area contributed by atoms with Gasteiger partial charge in [-0.15, -0.1) is 45.3 Å². The minimum atomic E-state index is -0.548. The fourth-order valence-corrected chi connectivity index (χ4v) is 11.8. The van der Waals surface area contributed by atoms with E-state index in [0.29, 0.717) is 25.3 Å². The Kier molecular flexibility index (Phi) is 9.71. The number of thiazole rings is 2. The van der Waals surface area contributed by atoms with Gasteiger partial charge in [-0.3, -0.25) is 9.59 Å². The Labute approximate surface area is 343 Å². The number of carbonyl (C=O) groups excluding carboxylic acids is 3. The van der Waals surface area contributed by atoms with Crippen LogP contribution in [0.1, 0.15) is 55.5 Å². The van der Waals surface area contributed by atoms with Gasteiger partial charge in [0.1, 0.15) is 25.6 Å². The number of aromatic nitrogens is 2. The van der Waals surface area contributed by atoms with Crippen LogP contribution in [0.5, 0.6) is 23.0 Å². The van der Waals surface area contributed by atoms with E-state index in [4.69, 9.17) is 33.7 Å². The van der Waals surface area contributed by atoms with Crippen LogP contribution in [0.25, 0.3) is 41.6 Å². The van der Waals surface area contributed by atoms with E-state index in [9.17, 15) is 14.4 Å². The number of rotatable bonds is 4. The zero-order chi connectivity index (χ0) is 39.6. The SMILES string of the molecule is CC(=O)Nc1sc2c(c1-c1nc3cc4c(cc3s1)OCO4)CCN(C(=O)OC(C)(C)C)C2.CC(=O)Nc1sc2c(c1-c1nc3cc4c(cc3s1)OCO4)CCNC2. The predicted molar refractivity (Wildman–Crippen MR) is 222 cm³/mol. The lowest BCUT2D eigenvalue weighted by Gasteiger charge is -2.30. The van der Waals surface area contributed by atoms with E-state index in [-0.39, 0.29) is 31.5 Å². The average Bonchev–Trinajstić information content (AvgIpc) is 4.00. The molecule has 296 valence electrons. The number of amides is 3. The largest absolute Gasteiger partial charge is 0.454 e. The van der Waals surface area contributed by atoms with E-state index < -0.39 is 5.60 Å². The van der Waals surface area contributed by atoms with Crippen molar-refractivity contribution in [2.45, 2.75) is 66.2 Å². The lowest BCUT2D eigenvalue weighted by atomic mass is 10.0. The van der Waals surface area contributed by atoms with E-state index in [1.165, 1.54) is 35.6 Å². The molecule has 10 rings (SSSR count). The van der Waals surface area contributed by atoms with Gasteiger partial charge in [-0.25, -0.2) is 14.8 Å². The molecule has 4 aromatic heterocycles. The molecule has 3 amide bonds. The van der Waals surface area contributed by atoms with E-state index >= 15 is 0 Å². The van der Waals surface area contributed by atoms with Gasteiger partial charge in [0, 0.05) is 72.1 Å². The molecule has 14 nitrogen and oxygen atoms in total. The molecule has 18 heteroatoms. The third kappa shape index (κ3) is 7.47. The van der Waals surface area contributed by atoms with Crippen LogP contribution in [0.15, 0.2) is 24.3 Å². The summed E-state index contributed by atoms with van der Waals surface area (Å²) in [4.78, 5) is 49.8. The molecule has 4 aliphatic heterocycles. The Morgan fingerprint density at radius 3 is 1.77 bits per heavy atom. The molecule has 0 unspecified atom stereocenters. The van der Waals surface area contributed by atoms with Crippen molar-refractivity contribution < 1.29 is 38.1 Å². The highest BCUT2D eigenvalue weighted by Gasteiger charge is 2.32. The van der Waals surface area contributed by atoms with Crippen molar-refractivity contribution in [2.75, 3.05) is 37.3 Å². The Bertz CT molecular complexity index is 2520. The second-order valence-electron chi connectivity index (χ2n) is 14.7. The molecule has 0 aliphatic carbocycles. The minimum Gasteiger partial charge on any atom is -0.454 e. The third-order valence-electron chi connectivity index (χ3n) is 9.41. The molecule has 0 atom stereocenters. The van der Waals surface area contributed by atoms with E-state index in [2.05, 4.69) is 16.0 Å². The number of thiophene rings is 2. The normalized spacial score (nSPS) is 15.2. The summed E-state index contributed by atoms with van der Waals surface area (Å²) in [6, 6.07) is 7.74. The summed E-state index contributed by atoms with van der Waals surface area (Å²) in [7, 11) is 0. The summed E-state index contributed by atoms with van der Waals surface area (Å²) < 4.78 is 29.5. The standard InChI is InChI=1S/C22H23N3O5S2.C17H15N3O3S2/c1-11(26)23-19-18(20-24-13-7-14-15(29-10-28-14)8-16(13)31-20)12-5-6-25(9-17(12)32-19)21(27)30-22(2,3)4;1-8(21)19-16-15(9-2-3-18-6-14(9)25-16)17-20-10-4-11-12(23-7-22-11)5-13(10)24-17/h7-8H,5-6,9-10H2,1-4H3,(H,23,26);4-5,18H,2-3,6-7H2,1H3,(H,19,21). The molecular formula is C39H38N6O8S4. The minimum absolute atomic E-state index is 0.0605. The molecule has 0 bridgehead atoms. The smallest absolute Gasteiger partial charge is 0.410 e. The Hall–Kier alpha value is -5.01. The maximum Gasteiger partial charge on any atom is 0.410 e. The van der Waals surface area contributed by atoms with Gasteiger partial charge in [0.25, 0.3) is 0 Å². The number of nitrogens with zero attached hydrogens (tertiary/aromatic N) is 3. The Morgan fingerprint density at radius 2 is 1.25 bits per heavy atom. The molecular weight excluding hydrogens is 809 g/mol. The quantitative estimate of drug-likeness (QED) is 0.156. The highest BCUT2D eigenvalue weighted by molar-refractivity contribution is 7.23. The van der Waals surface area contributed by atoms with Crippen LogP contribution in [0, 0.1) is 0 Å². The number of nitrogens with one attached hydrogen (secondary N) is 3. The molecule has 0 spiro atoms. The van der Waals surface area contributed by atoms with Crippen LogP contribution >= 0.6 is 45.3 Å². The summed E-state index contributed by atoms with van der Waals surface area (Å²) in [5, 5.41) is 12.7. The first-order valence-electron chi connectivity index (χ1n) is 18.3. The highest BCUT2D eigenvalue weighted by atomic mass is 32.1. The van der Waals surface area contributed by atoms with Gasteiger partial charge >= 0.3 is 6.09 Å². The number of fused-ring (bicyclic) bond motifs is 6. The summed E-state index contributed by atoms with van der Waals surface area (Å²) in [5.41, 5.74) is 5.60. The van der Waals surface area contributed by atoms with Gasteiger partial charge in [-0.05, 0) is 51.3 Å². The maximum absolute atomic E-state index is 12.6. The molecule has 0 saturated heterocycles. The summed E-state index contributed by atoms with van der Waals surface area (Å²) in [6.07, 6.45) is 1.28. The maximum atomic E-state index is 12.6. The fraction of sp³-hybridized carbons (Fsp3) is 0.359. The van der Waals surface area contributed by atoms with Gasteiger partial charge in [0.05, 0.1) is 27.0 Å². The molecule has 3 N–H and O–H groups in total. The molecule has 0 fully saturated rings. The number of hydrogen-bond donors (Lipinski definition) is 3. The highest BCUT2D eigenvalue weighted by Crippen LogP contribution is 2.49. The molecule has 8 heterocycles. The van der Waals surface area contributed by atoms with Crippen LogP contribution in [-0.2, 0) is 40.3 Å². The van der Waals surface area contributed by atoms with Crippen molar-refractivity contribution in [3.8, 4) is 44.1 Å². The summed E-state index contributed by atoms with van der Waals surface area (Å²) >= 11 is 6.31. The van der Waals surface area contributed by atoms with Crippen molar-refractivity contribution in [1.82, 2.24) is 20.2 Å². The monoisotopic (exact) mass is 846 g/mol. The number of ether oxygens (including phenoxy) is 5. The van der Waals surface area contributed by atoms with Gasteiger partial charge < -0.3 is 44.5 Å². The summed E-state index contributed by atoms with van der Waals surface area (Å²) in [5.74, 6) is 2.71. The van der Waals surface area contributed by atoms with Crippen molar-refractivity contribution in [1.29, 1.82) is 0 Å². The number of carbonyl (C=O) groups is 3. The van der Waals surface area contributed by atoms with E-state index in [1.54, 1.807) is 38.9 Å². The first-order chi connectivity index (χ1) is 27.4. The number of hydrogen-bond acceptors (Lipinski definition) is 15. The molecule has 0 radical (unpaired) electrons. The van der Waals surface area contributed by atoms with Crippen molar-refractivity contribution in [3.63, 3.8) is 0 Å². The molecule has 2 aromatic carbocycles. The first kappa shape index (κ1) is 37.6. The van der Waals surface area contributed by atoms with Gasteiger partial charge in [0.15, 0.2) is 23.0 Å². The molecule has 57 heavy (non-hydrogen) atoms. The number of benzene rings is 2. The van der Waals surface area contributed by atoms with Crippen LogP contribution < -0.4 is 34.9 Å². The second kappa shape index (κ2) is 14.7. The van der Waals surface area contributed by atoms with Crippen LogP contribution in [0.3, 0.4) is 0 Å². The van der Waals surface area contributed by atoms with Gasteiger partial charge in [-0.1, -0.05) is 0 Å². The lowest BCUT2D eigenvalue weighted by Crippen LogP contribution is -2.39. The zero-order valence-electron chi connectivity index (χ0n) is 31.7. The Morgan fingerprint density at radius 1 is 0.737 bits per heavy atom. The van der Waals surface area contributed by atoms with Crippen molar-refractivity contribution in [2.24, 2.45) is 0 Å². The van der Waals surface area contributed by atoms with Gasteiger partial charge in [-0.2, -0.15) is 0 Å². The zero-order valence-corrected chi connectivity index (χ0v) is 35.0. The Balaban J connectivity index is 0.000000153. The fourth-order valence-electron chi connectivity index (χ4n) is 7.02. The topological polar surface area (TPSA) is 162 Å². The van der Waals surface area contributed by atoms with Crippen LogP contribution in [0.2, 0.25) is 0 Å². The van der Waals surface area contributed by atoms with E-state index in [1.807, 2.05) is 45.0 Å².